The van der Waals surface area contributed by atoms with Crippen molar-refractivity contribution < 1.29 is 24.9 Å². The molecule has 1 aliphatic heterocycles. The number of hydrogen-bond donors (Lipinski definition) is 3. The molecule has 1 aliphatic rings. The zero-order chi connectivity index (χ0) is 14.0. The normalized spacial score (nSPS) is 37.3. The van der Waals surface area contributed by atoms with Gasteiger partial charge < -0.3 is 20.1 Å². The van der Waals surface area contributed by atoms with Gasteiger partial charge in [-0.3, -0.25) is 4.79 Å². The van der Waals surface area contributed by atoms with Gasteiger partial charge in [-0.2, -0.15) is 0 Å². The van der Waals surface area contributed by atoms with Crippen LogP contribution < -0.4 is 0 Å². The second-order valence-electron chi connectivity index (χ2n) is 5.75. The van der Waals surface area contributed by atoms with Crippen LogP contribution in [0, 0.1) is 11.8 Å². The van der Waals surface area contributed by atoms with E-state index in [1.165, 1.54) is 0 Å². The van der Waals surface area contributed by atoms with Gasteiger partial charge in [-0.15, -0.1) is 0 Å². The molecule has 0 aromatic rings. The first-order valence-corrected chi connectivity index (χ1v) is 6.49. The summed E-state index contributed by atoms with van der Waals surface area (Å²) in [7, 11) is 0. The molecule has 0 aromatic carbocycles. The summed E-state index contributed by atoms with van der Waals surface area (Å²) < 4.78 is 5.51. The summed E-state index contributed by atoms with van der Waals surface area (Å²) in [6, 6.07) is 0. The molecule has 0 saturated carbocycles. The van der Waals surface area contributed by atoms with E-state index in [-0.39, 0.29) is 17.6 Å². The molecule has 0 aromatic heterocycles. The highest BCUT2D eigenvalue weighted by Crippen LogP contribution is 2.27. The van der Waals surface area contributed by atoms with Gasteiger partial charge in [0.2, 0.25) is 0 Å². The lowest BCUT2D eigenvalue weighted by Crippen LogP contribution is -2.60. The molecule has 5 heteroatoms. The van der Waals surface area contributed by atoms with Crippen LogP contribution in [0.1, 0.15) is 34.1 Å². The van der Waals surface area contributed by atoms with Crippen molar-refractivity contribution in [3.8, 4) is 0 Å². The predicted molar refractivity (Wildman–Crippen MR) is 66.0 cm³/mol. The number of hydrogen-bond acceptors (Lipinski definition) is 5. The maximum atomic E-state index is 11.9. The van der Waals surface area contributed by atoms with Crippen LogP contribution in [0.5, 0.6) is 0 Å². The van der Waals surface area contributed by atoms with Crippen molar-refractivity contribution in [2.24, 2.45) is 11.8 Å². The summed E-state index contributed by atoms with van der Waals surface area (Å²) in [6.07, 6.45) is -4.98. The molecule has 5 atom stereocenters. The average Bonchev–Trinajstić information content (AvgIpc) is 2.28. The van der Waals surface area contributed by atoms with Crippen LogP contribution in [-0.4, -0.2) is 51.6 Å². The zero-order valence-electron chi connectivity index (χ0n) is 11.4. The lowest BCUT2D eigenvalue weighted by atomic mass is 9.87. The van der Waals surface area contributed by atoms with E-state index in [0.717, 1.165) is 0 Å². The van der Waals surface area contributed by atoms with Gasteiger partial charge in [-0.25, -0.2) is 0 Å². The van der Waals surface area contributed by atoms with Crippen LogP contribution in [0.15, 0.2) is 0 Å². The summed E-state index contributed by atoms with van der Waals surface area (Å²) in [6.45, 7) is 7.36. The molecular formula is C13H24O5. The third kappa shape index (κ3) is 3.29. The lowest BCUT2D eigenvalue weighted by molar-refractivity contribution is -0.223. The number of rotatable bonds is 4. The molecule has 1 rings (SSSR count). The fraction of sp³-hybridized carbons (Fsp3) is 0.923. The molecule has 0 amide bonds. The first-order valence-electron chi connectivity index (χ1n) is 6.49. The molecule has 5 nitrogen and oxygen atoms in total. The van der Waals surface area contributed by atoms with E-state index in [9.17, 15) is 20.1 Å². The van der Waals surface area contributed by atoms with E-state index in [4.69, 9.17) is 4.74 Å². The van der Waals surface area contributed by atoms with Crippen molar-refractivity contribution in [2.45, 2.75) is 64.6 Å². The molecule has 3 unspecified atom stereocenters. The van der Waals surface area contributed by atoms with E-state index in [0.29, 0.717) is 6.42 Å². The maximum absolute atomic E-state index is 11.9. The molecule has 0 radical (unpaired) electrons. The molecule has 1 fully saturated rings. The molecule has 3 N–H and O–H groups in total. The molecule has 0 aliphatic carbocycles. The van der Waals surface area contributed by atoms with Crippen molar-refractivity contribution in [2.75, 3.05) is 0 Å². The highest BCUT2D eigenvalue weighted by atomic mass is 16.5. The van der Waals surface area contributed by atoms with Crippen molar-refractivity contribution in [1.29, 1.82) is 0 Å². The summed E-state index contributed by atoms with van der Waals surface area (Å²) in [5.74, 6) is -0.268. The molecule has 106 valence electrons. The first-order chi connectivity index (χ1) is 8.25. The SMILES string of the molecule is CC(C)C[C@H]1OC(C(=O)C(C)C)C(O)C(O)[C@H]1O. The number of Topliss-reactive ketones (excluding diaryl/α,β-unsaturated/α-hetero) is 1. The highest BCUT2D eigenvalue weighted by molar-refractivity contribution is 5.85. The van der Waals surface area contributed by atoms with Gasteiger partial charge in [0.25, 0.3) is 0 Å². The fourth-order valence-electron chi connectivity index (χ4n) is 2.17. The molecule has 1 heterocycles. The summed E-state index contributed by atoms with van der Waals surface area (Å²) >= 11 is 0. The second-order valence-corrected chi connectivity index (χ2v) is 5.75. The highest BCUT2D eigenvalue weighted by Gasteiger charge is 2.46. The molecule has 0 spiro atoms. The summed E-state index contributed by atoms with van der Waals surface area (Å²) in [5, 5.41) is 29.5. The van der Waals surface area contributed by atoms with Crippen molar-refractivity contribution in [3.63, 3.8) is 0 Å². The smallest absolute Gasteiger partial charge is 0.166 e. The van der Waals surface area contributed by atoms with Crippen molar-refractivity contribution in [1.82, 2.24) is 0 Å². The minimum Gasteiger partial charge on any atom is -0.388 e. The van der Waals surface area contributed by atoms with E-state index in [1.807, 2.05) is 13.8 Å². The van der Waals surface area contributed by atoms with Gasteiger partial charge in [0.05, 0.1) is 6.10 Å². The Morgan fingerprint density at radius 3 is 2.06 bits per heavy atom. The van der Waals surface area contributed by atoms with E-state index < -0.39 is 30.5 Å². The monoisotopic (exact) mass is 260 g/mol. The van der Waals surface area contributed by atoms with Gasteiger partial charge in [0.15, 0.2) is 5.78 Å². The molecule has 0 bridgehead atoms. The summed E-state index contributed by atoms with van der Waals surface area (Å²) in [5.41, 5.74) is 0. The summed E-state index contributed by atoms with van der Waals surface area (Å²) in [4.78, 5) is 11.9. The minimum absolute atomic E-state index is 0.248. The average molecular weight is 260 g/mol. The van der Waals surface area contributed by atoms with E-state index >= 15 is 0 Å². The van der Waals surface area contributed by atoms with E-state index in [1.54, 1.807) is 13.8 Å². The number of aliphatic hydroxyl groups is 3. The van der Waals surface area contributed by atoms with Crippen LogP contribution in [0.2, 0.25) is 0 Å². The largest absolute Gasteiger partial charge is 0.388 e. The molecule has 1 saturated heterocycles. The van der Waals surface area contributed by atoms with Gasteiger partial charge in [0.1, 0.15) is 24.4 Å². The number of ketones is 1. The predicted octanol–water partition coefficient (Wildman–Crippen LogP) is 0.108. The molecule has 18 heavy (non-hydrogen) atoms. The van der Waals surface area contributed by atoms with Gasteiger partial charge in [-0.1, -0.05) is 27.7 Å². The Morgan fingerprint density at radius 1 is 1.06 bits per heavy atom. The van der Waals surface area contributed by atoms with Crippen molar-refractivity contribution >= 4 is 5.78 Å². The second kappa shape index (κ2) is 6.10. The van der Waals surface area contributed by atoms with Crippen LogP contribution in [0.4, 0.5) is 0 Å². The van der Waals surface area contributed by atoms with Gasteiger partial charge in [0, 0.05) is 5.92 Å². The van der Waals surface area contributed by atoms with Gasteiger partial charge >= 0.3 is 0 Å². The van der Waals surface area contributed by atoms with Crippen LogP contribution in [-0.2, 0) is 9.53 Å². The number of carbonyl (C=O) groups excluding carboxylic acids is 1. The lowest BCUT2D eigenvalue weighted by Gasteiger charge is -2.41. The Kier molecular flexibility index (Phi) is 5.28. The Hall–Kier alpha value is -0.490. The Morgan fingerprint density at radius 2 is 1.61 bits per heavy atom. The quantitative estimate of drug-likeness (QED) is 0.668. The van der Waals surface area contributed by atoms with Gasteiger partial charge in [-0.05, 0) is 12.3 Å². The zero-order valence-corrected chi connectivity index (χ0v) is 11.4. The fourth-order valence-corrected chi connectivity index (χ4v) is 2.17. The third-order valence-corrected chi connectivity index (χ3v) is 3.27. The first kappa shape index (κ1) is 15.6. The van der Waals surface area contributed by atoms with Crippen LogP contribution in [0.25, 0.3) is 0 Å². The topological polar surface area (TPSA) is 87.0 Å². The van der Waals surface area contributed by atoms with Crippen LogP contribution >= 0.6 is 0 Å². The van der Waals surface area contributed by atoms with E-state index in [2.05, 4.69) is 0 Å². The number of carbonyl (C=O) groups is 1. The Balaban J connectivity index is 2.83. The number of ether oxygens (including phenoxy) is 1. The van der Waals surface area contributed by atoms with Crippen LogP contribution in [0.3, 0.4) is 0 Å². The Bertz CT molecular complexity index is 289. The Labute approximate surface area is 108 Å². The maximum Gasteiger partial charge on any atom is 0.166 e. The van der Waals surface area contributed by atoms with Crippen molar-refractivity contribution in [3.05, 3.63) is 0 Å². The minimum atomic E-state index is -1.36. The standard InChI is InChI=1S/C13H24O5/c1-6(2)5-8-10(15)11(16)12(17)13(18-8)9(14)7(3)4/h6-8,10-13,15-17H,5H2,1-4H3/t8-,10+,11?,12?,13?/m1/s1. The third-order valence-electron chi connectivity index (χ3n) is 3.27. The molecular weight excluding hydrogens is 236 g/mol. The number of aliphatic hydroxyl groups excluding tert-OH is 3.